The van der Waals surface area contributed by atoms with Crippen molar-refractivity contribution in [2.24, 2.45) is 0 Å². The lowest BCUT2D eigenvalue weighted by Gasteiger charge is -2.08. The molecular formula is C18H12N2O4S2. The van der Waals surface area contributed by atoms with Gasteiger partial charge in [-0.2, -0.15) is 0 Å². The molecule has 2 aliphatic rings. The maximum atomic E-state index is 12.3. The van der Waals surface area contributed by atoms with Gasteiger partial charge in [-0.15, -0.1) is 0 Å². The molecule has 0 fully saturated rings. The van der Waals surface area contributed by atoms with Crippen molar-refractivity contribution in [2.45, 2.75) is 9.79 Å². The van der Waals surface area contributed by atoms with E-state index in [1.165, 1.54) is 35.7 Å². The van der Waals surface area contributed by atoms with E-state index in [-0.39, 0.29) is 23.6 Å². The minimum absolute atomic E-state index is 0.319. The molecule has 0 spiro atoms. The first kappa shape index (κ1) is 16.9. The van der Waals surface area contributed by atoms with Crippen LogP contribution in [-0.2, 0) is 0 Å². The number of imide groups is 2. The van der Waals surface area contributed by atoms with Crippen LogP contribution in [0.25, 0.3) is 0 Å². The van der Waals surface area contributed by atoms with Crippen LogP contribution in [0.1, 0.15) is 41.4 Å². The Morgan fingerprint density at radius 3 is 1.38 bits per heavy atom. The molecule has 0 saturated heterocycles. The Labute approximate surface area is 156 Å². The molecule has 4 amide bonds. The Bertz CT molecular complexity index is 937. The molecule has 0 N–H and O–H groups in total. The number of fused-ring (bicyclic) bond motifs is 2. The Kier molecular flexibility index (Phi) is 3.89. The van der Waals surface area contributed by atoms with E-state index in [0.717, 1.165) is 9.80 Å². The van der Waals surface area contributed by atoms with Gasteiger partial charge in [0.05, 0.1) is 22.3 Å². The molecule has 0 aliphatic carbocycles. The van der Waals surface area contributed by atoms with Crippen LogP contribution >= 0.6 is 21.6 Å². The normalized spacial score (nSPS) is 15.8. The highest BCUT2D eigenvalue weighted by atomic mass is 33.1. The predicted molar refractivity (Wildman–Crippen MR) is 97.4 cm³/mol. The Balaban J connectivity index is 1.68. The topological polar surface area (TPSA) is 74.8 Å². The third-order valence-corrected chi connectivity index (χ3v) is 6.83. The predicted octanol–water partition coefficient (Wildman–Crippen LogP) is 2.94. The van der Waals surface area contributed by atoms with Gasteiger partial charge in [0, 0.05) is 23.9 Å². The minimum Gasteiger partial charge on any atom is -0.277 e. The Hall–Kier alpha value is -2.58. The molecule has 8 heteroatoms. The lowest BCUT2D eigenvalue weighted by Crippen LogP contribution is -2.24. The molecule has 26 heavy (non-hydrogen) atoms. The fraction of sp³-hybridized carbons (Fsp3) is 0.111. The molecule has 130 valence electrons. The van der Waals surface area contributed by atoms with Crippen molar-refractivity contribution in [3.05, 3.63) is 58.7 Å². The van der Waals surface area contributed by atoms with Crippen molar-refractivity contribution in [3.63, 3.8) is 0 Å². The molecule has 0 saturated carbocycles. The van der Waals surface area contributed by atoms with E-state index in [0.29, 0.717) is 32.0 Å². The van der Waals surface area contributed by atoms with Gasteiger partial charge in [0.25, 0.3) is 23.6 Å². The lowest BCUT2D eigenvalue weighted by molar-refractivity contribution is 0.0676. The van der Waals surface area contributed by atoms with E-state index in [1.54, 1.807) is 36.4 Å². The first-order valence-corrected chi connectivity index (χ1v) is 9.82. The average molecular weight is 384 g/mol. The lowest BCUT2D eigenvalue weighted by atomic mass is 10.1. The standard InChI is InChI=1S/C18H12N2O4S2/c1-19-15(21)9-5-3-7-11(13(9)17(19)23)25-26-12-8-4-6-10-14(12)18(24)20(2)16(10)22/h3-8H,1-2H3. The summed E-state index contributed by atoms with van der Waals surface area (Å²) in [6, 6.07) is 10.2. The van der Waals surface area contributed by atoms with Crippen LogP contribution in [0.15, 0.2) is 46.2 Å². The Morgan fingerprint density at radius 2 is 1.00 bits per heavy atom. The summed E-state index contributed by atoms with van der Waals surface area (Å²) in [4.78, 5) is 52.4. The largest absolute Gasteiger partial charge is 0.277 e. The molecule has 2 aromatic carbocycles. The highest BCUT2D eigenvalue weighted by molar-refractivity contribution is 8.76. The van der Waals surface area contributed by atoms with Crippen molar-refractivity contribution < 1.29 is 19.2 Å². The van der Waals surface area contributed by atoms with E-state index in [9.17, 15) is 19.2 Å². The van der Waals surface area contributed by atoms with Crippen molar-refractivity contribution >= 4 is 45.2 Å². The summed E-state index contributed by atoms with van der Waals surface area (Å²) in [5, 5.41) is 0. The maximum absolute atomic E-state index is 12.3. The number of hydrogen-bond donors (Lipinski definition) is 0. The van der Waals surface area contributed by atoms with Gasteiger partial charge >= 0.3 is 0 Å². The third-order valence-electron chi connectivity index (χ3n) is 4.38. The second-order valence-electron chi connectivity index (χ2n) is 5.86. The van der Waals surface area contributed by atoms with Crippen molar-refractivity contribution in [2.75, 3.05) is 14.1 Å². The van der Waals surface area contributed by atoms with E-state index >= 15 is 0 Å². The van der Waals surface area contributed by atoms with Crippen molar-refractivity contribution in [1.82, 2.24) is 9.80 Å². The second kappa shape index (κ2) is 6.00. The molecule has 0 radical (unpaired) electrons. The van der Waals surface area contributed by atoms with E-state index < -0.39 is 0 Å². The zero-order chi connectivity index (χ0) is 18.6. The molecule has 2 aromatic rings. The van der Waals surface area contributed by atoms with Crippen LogP contribution in [-0.4, -0.2) is 47.5 Å². The summed E-state index contributed by atoms with van der Waals surface area (Å²) in [5.74, 6) is -1.31. The van der Waals surface area contributed by atoms with Gasteiger partial charge in [0.15, 0.2) is 0 Å². The van der Waals surface area contributed by atoms with Gasteiger partial charge in [-0.25, -0.2) is 0 Å². The quantitative estimate of drug-likeness (QED) is 0.598. The van der Waals surface area contributed by atoms with Gasteiger partial charge in [-0.1, -0.05) is 33.7 Å². The molecule has 0 atom stereocenters. The first-order valence-electron chi connectivity index (χ1n) is 7.67. The van der Waals surface area contributed by atoms with Gasteiger partial charge in [0.2, 0.25) is 0 Å². The molecule has 0 unspecified atom stereocenters. The first-order chi connectivity index (χ1) is 12.4. The third kappa shape index (κ3) is 2.29. The summed E-state index contributed by atoms with van der Waals surface area (Å²) >= 11 is 0. The van der Waals surface area contributed by atoms with E-state index in [2.05, 4.69) is 0 Å². The van der Waals surface area contributed by atoms with Crippen LogP contribution in [0, 0.1) is 0 Å². The highest BCUT2D eigenvalue weighted by Gasteiger charge is 2.36. The molecule has 6 nitrogen and oxygen atoms in total. The van der Waals surface area contributed by atoms with Crippen LogP contribution in [0.4, 0.5) is 0 Å². The summed E-state index contributed by atoms with van der Waals surface area (Å²) in [6.45, 7) is 0. The fourth-order valence-electron chi connectivity index (χ4n) is 2.97. The van der Waals surface area contributed by atoms with Crippen LogP contribution in [0.5, 0.6) is 0 Å². The number of amides is 4. The van der Waals surface area contributed by atoms with E-state index in [4.69, 9.17) is 0 Å². The number of carbonyl (C=O) groups excluding carboxylic acids is 4. The molecule has 0 aromatic heterocycles. The van der Waals surface area contributed by atoms with Gasteiger partial charge in [-0.05, 0) is 24.3 Å². The molecule has 2 heterocycles. The minimum atomic E-state index is -0.335. The van der Waals surface area contributed by atoms with Crippen LogP contribution < -0.4 is 0 Å². The summed E-state index contributed by atoms with van der Waals surface area (Å²) in [5.41, 5.74) is 1.52. The number of rotatable bonds is 3. The van der Waals surface area contributed by atoms with Gasteiger partial charge in [0.1, 0.15) is 0 Å². The highest BCUT2D eigenvalue weighted by Crippen LogP contribution is 2.44. The number of carbonyl (C=O) groups is 4. The van der Waals surface area contributed by atoms with Crippen LogP contribution in [0.3, 0.4) is 0 Å². The van der Waals surface area contributed by atoms with E-state index in [1.807, 2.05) is 0 Å². The number of nitrogens with zero attached hydrogens (tertiary/aromatic N) is 2. The molecule has 0 bridgehead atoms. The zero-order valence-electron chi connectivity index (χ0n) is 13.8. The zero-order valence-corrected chi connectivity index (χ0v) is 15.4. The molecule has 2 aliphatic heterocycles. The van der Waals surface area contributed by atoms with Gasteiger partial charge < -0.3 is 0 Å². The summed E-state index contributed by atoms with van der Waals surface area (Å²) in [6.07, 6.45) is 0. The SMILES string of the molecule is CN1C(=O)c2cccc(SSc3cccc4c3C(=O)N(C)C4=O)c2C1=O. The van der Waals surface area contributed by atoms with Crippen molar-refractivity contribution in [1.29, 1.82) is 0 Å². The second-order valence-corrected chi connectivity index (χ2v) is 8.08. The number of benzene rings is 2. The molecular weight excluding hydrogens is 372 g/mol. The van der Waals surface area contributed by atoms with Gasteiger partial charge in [-0.3, -0.25) is 29.0 Å². The fourth-order valence-corrected chi connectivity index (χ4v) is 5.35. The monoisotopic (exact) mass is 384 g/mol. The molecule has 4 rings (SSSR count). The summed E-state index contributed by atoms with van der Waals surface area (Å²) < 4.78 is 0. The summed E-state index contributed by atoms with van der Waals surface area (Å²) in [7, 11) is 5.49. The van der Waals surface area contributed by atoms with Crippen molar-refractivity contribution in [3.8, 4) is 0 Å². The smallest absolute Gasteiger partial charge is 0.262 e. The van der Waals surface area contributed by atoms with Crippen LogP contribution in [0.2, 0.25) is 0 Å². The average Bonchev–Trinajstić information content (AvgIpc) is 3.01. The maximum Gasteiger partial charge on any atom is 0.262 e. The number of hydrogen-bond acceptors (Lipinski definition) is 6. The Morgan fingerprint density at radius 1 is 0.615 bits per heavy atom.